The van der Waals surface area contributed by atoms with Crippen molar-refractivity contribution in [3.63, 3.8) is 0 Å². The molecule has 0 radical (unpaired) electrons. The molecule has 4 atom stereocenters. The van der Waals surface area contributed by atoms with Crippen LogP contribution in [0.4, 0.5) is 0 Å². The summed E-state index contributed by atoms with van der Waals surface area (Å²) in [6.45, 7) is 2.90. The van der Waals surface area contributed by atoms with Crippen molar-refractivity contribution in [2.24, 2.45) is 5.92 Å². The van der Waals surface area contributed by atoms with Crippen molar-refractivity contribution in [3.8, 4) is 0 Å². The van der Waals surface area contributed by atoms with Gasteiger partial charge in [-0.15, -0.1) is 0 Å². The van der Waals surface area contributed by atoms with E-state index in [0.29, 0.717) is 24.5 Å². The van der Waals surface area contributed by atoms with E-state index in [1.165, 1.54) is 5.56 Å². The van der Waals surface area contributed by atoms with Crippen molar-refractivity contribution in [2.75, 3.05) is 13.7 Å². The zero-order valence-corrected chi connectivity index (χ0v) is 11.6. The van der Waals surface area contributed by atoms with Crippen molar-refractivity contribution in [3.05, 3.63) is 35.9 Å². The summed E-state index contributed by atoms with van der Waals surface area (Å²) in [5, 5.41) is 0. The molecule has 19 heavy (non-hydrogen) atoms. The number of nitrogens with zero attached hydrogens (tertiary/aromatic N) is 1. The number of piperidine rings is 1. The molecular weight excluding hydrogens is 238 g/mol. The topological polar surface area (TPSA) is 29.5 Å². The SMILES string of the molecule is COCC1[C@@H]2C[C@@H](CC2=O)N1[C@H](C)c1ccccc1. The zero-order chi connectivity index (χ0) is 13.4. The van der Waals surface area contributed by atoms with Gasteiger partial charge in [0.15, 0.2) is 0 Å². The summed E-state index contributed by atoms with van der Waals surface area (Å²) in [5.74, 6) is 0.625. The van der Waals surface area contributed by atoms with Gasteiger partial charge in [-0.05, 0) is 18.9 Å². The van der Waals surface area contributed by atoms with E-state index in [0.717, 1.165) is 12.8 Å². The molecule has 1 saturated heterocycles. The van der Waals surface area contributed by atoms with E-state index in [9.17, 15) is 4.79 Å². The average molecular weight is 259 g/mol. The number of fused-ring (bicyclic) bond motifs is 2. The molecule has 3 heteroatoms. The molecular formula is C16H21NO2. The fourth-order valence-electron chi connectivity index (χ4n) is 3.85. The van der Waals surface area contributed by atoms with Crippen molar-refractivity contribution in [1.82, 2.24) is 4.90 Å². The van der Waals surface area contributed by atoms with E-state index in [2.05, 4.69) is 36.1 Å². The highest BCUT2D eigenvalue weighted by Gasteiger charge is 2.52. The standard InChI is InChI=1S/C16H21NO2/c1-11(12-6-4-3-5-7-12)17-13-8-14(16(18)9-13)15(17)10-19-2/h3-7,11,13-15H,8-10H2,1-2H3/t11-,13+,14+,15?/m1/s1. The minimum atomic E-state index is 0.191. The number of carbonyl (C=O) groups excluding carboxylic acids is 1. The molecule has 2 fully saturated rings. The van der Waals surface area contributed by atoms with E-state index in [1.54, 1.807) is 7.11 Å². The van der Waals surface area contributed by atoms with E-state index in [4.69, 9.17) is 4.74 Å². The van der Waals surface area contributed by atoms with Crippen LogP contribution in [0.3, 0.4) is 0 Å². The minimum absolute atomic E-state index is 0.191. The molecule has 1 heterocycles. The number of ether oxygens (including phenoxy) is 1. The van der Waals surface area contributed by atoms with Crippen LogP contribution < -0.4 is 0 Å². The largest absolute Gasteiger partial charge is 0.383 e. The van der Waals surface area contributed by atoms with Crippen LogP contribution in [0.1, 0.15) is 31.4 Å². The Morgan fingerprint density at radius 2 is 2.11 bits per heavy atom. The van der Waals surface area contributed by atoms with Gasteiger partial charge < -0.3 is 4.74 Å². The number of hydrogen-bond donors (Lipinski definition) is 0. The lowest BCUT2D eigenvalue weighted by Crippen LogP contribution is -2.47. The van der Waals surface area contributed by atoms with Crippen LogP contribution in [0.25, 0.3) is 0 Å². The second-order valence-corrected chi connectivity index (χ2v) is 5.72. The molecule has 1 aromatic carbocycles. The third kappa shape index (κ3) is 2.11. The Morgan fingerprint density at radius 1 is 1.37 bits per heavy atom. The van der Waals surface area contributed by atoms with Crippen molar-refractivity contribution in [2.45, 2.75) is 37.9 Å². The van der Waals surface area contributed by atoms with Gasteiger partial charge in [-0.25, -0.2) is 0 Å². The first kappa shape index (κ1) is 12.8. The number of carbonyl (C=O) groups is 1. The first-order valence-electron chi connectivity index (χ1n) is 7.06. The van der Waals surface area contributed by atoms with Crippen LogP contribution in [0, 0.1) is 5.92 Å². The Balaban J connectivity index is 1.85. The molecule has 1 aliphatic heterocycles. The van der Waals surface area contributed by atoms with E-state index in [-0.39, 0.29) is 12.0 Å². The Bertz CT molecular complexity index is 459. The lowest BCUT2D eigenvalue weighted by molar-refractivity contribution is -0.126. The fraction of sp³-hybridized carbons (Fsp3) is 0.562. The fourth-order valence-corrected chi connectivity index (χ4v) is 3.85. The molecule has 1 saturated carbocycles. The van der Waals surface area contributed by atoms with Crippen LogP contribution in [0.15, 0.2) is 30.3 Å². The van der Waals surface area contributed by atoms with Gasteiger partial charge in [0.2, 0.25) is 0 Å². The molecule has 1 unspecified atom stereocenters. The number of methoxy groups -OCH3 is 1. The number of benzene rings is 1. The van der Waals surface area contributed by atoms with Crippen LogP contribution >= 0.6 is 0 Å². The first-order valence-corrected chi connectivity index (χ1v) is 7.06. The number of likely N-dealkylation sites (tertiary alicyclic amines) is 1. The number of rotatable bonds is 4. The van der Waals surface area contributed by atoms with Gasteiger partial charge in [0.25, 0.3) is 0 Å². The quantitative estimate of drug-likeness (QED) is 0.831. The van der Waals surface area contributed by atoms with Gasteiger partial charge in [0, 0.05) is 37.6 Å². The molecule has 0 N–H and O–H groups in total. The van der Waals surface area contributed by atoms with Gasteiger partial charge in [0.05, 0.1) is 6.61 Å². The highest BCUT2D eigenvalue weighted by atomic mass is 16.5. The zero-order valence-electron chi connectivity index (χ0n) is 11.6. The highest BCUT2D eigenvalue weighted by Crippen LogP contribution is 2.44. The Kier molecular flexibility index (Phi) is 3.42. The van der Waals surface area contributed by atoms with Crippen LogP contribution in [0.2, 0.25) is 0 Å². The third-order valence-electron chi connectivity index (χ3n) is 4.71. The highest BCUT2D eigenvalue weighted by molar-refractivity contribution is 5.86. The van der Waals surface area contributed by atoms with E-state index < -0.39 is 0 Å². The van der Waals surface area contributed by atoms with Gasteiger partial charge in [-0.1, -0.05) is 30.3 Å². The molecule has 102 valence electrons. The molecule has 2 bridgehead atoms. The van der Waals surface area contributed by atoms with Gasteiger partial charge in [-0.2, -0.15) is 0 Å². The summed E-state index contributed by atoms with van der Waals surface area (Å²) in [6, 6.07) is 11.6. The van der Waals surface area contributed by atoms with Crippen molar-refractivity contribution < 1.29 is 9.53 Å². The van der Waals surface area contributed by atoms with Crippen LogP contribution in [-0.4, -0.2) is 36.5 Å². The lowest BCUT2D eigenvalue weighted by atomic mass is 9.95. The molecule has 3 nitrogen and oxygen atoms in total. The monoisotopic (exact) mass is 259 g/mol. The summed E-state index contributed by atoms with van der Waals surface area (Å²) in [6.07, 6.45) is 1.74. The molecule has 1 aliphatic carbocycles. The maximum Gasteiger partial charge on any atom is 0.139 e. The summed E-state index contributed by atoms with van der Waals surface area (Å²) in [4.78, 5) is 14.4. The smallest absolute Gasteiger partial charge is 0.139 e. The van der Waals surface area contributed by atoms with E-state index >= 15 is 0 Å². The predicted molar refractivity (Wildman–Crippen MR) is 73.9 cm³/mol. The predicted octanol–water partition coefficient (Wildman–Crippen LogP) is 2.43. The second kappa shape index (κ2) is 5.06. The number of ketones is 1. The van der Waals surface area contributed by atoms with Crippen molar-refractivity contribution in [1.29, 1.82) is 0 Å². The number of Topliss-reactive ketones (excluding diaryl/α,β-unsaturated/α-hetero) is 1. The van der Waals surface area contributed by atoms with Crippen LogP contribution in [0.5, 0.6) is 0 Å². The first-order chi connectivity index (χ1) is 9.22. The maximum absolute atomic E-state index is 11.9. The molecule has 0 aromatic heterocycles. The number of hydrogen-bond acceptors (Lipinski definition) is 3. The molecule has 0 amide bonds. The molecule has 0 spiro atoms. The van der Waals surface area contributed by atoms with Gasteiger partial charge in [-0.3, -0.25) is 9.69 Å². The Hall–Kier alpha value is -1.19. The third-order valence-corrected chi connectivity index (χ3v) is 4.71. The summed E-state index contributed by atoms with van der Waals surface area (Å²) >= 11 is 0. The van der Waals surface area contributed by atoms with E-state index in [1.807, 2.05) is 6.07 Å². The minimum Gasteiger partial charge on any atom is -0.383 e. The maximum atomic E-state index is 11.9. The van der Waals surface area contributed by atoms with Crippen LogP contribution in [-0.2, 0) is 9.53 Å². The average Bonchev–Trinajstić information content (AvgIpc) is 2.96. The second-order valence-electron chi connectivity index (χ2n) is 5.72. The summed E-state index contributed by atoms with van der Waals surface area (Å²) in [7, 11) is 1.72. The van der Waals surface area contributed by atoms with Gasteiger partial charge >= 0.3 is 0 Å². The Morgan fingerprint density at radius 3 is 2.79 bits per heavy atom. The van der Waals surface area contributed by atoms with Gasteiger partial charge in [0.1, 0.15) is 5.78 Å². The summed E-state index contributed by atoms with van der Waals surface area (Å²) in [5.41, 5.74) is 1.32. The van der Waals surface area contributed by atoms with Crippen molar-refractivity contribution >= 4 is 5.78 Å². The Labute approximate surface area is 114 Å². The molecule has 2 aliphatic rings. The lowest BCUT2D eigenvalue weighted by Gasteiger charge is -2.39. The molecule has 1 aromatic rings. The normalized spacial score (nSPS) is 31.9. The molecule has 3 rings (SSSR count). The summed E-state index contributed by atoms with van der Waals surface area (Å²) < 4.78 is 5.35.